The van der Waals surface area contributed by atoms with Gasteiger partial charge in [0.15, 0.2) is 0 Å². The molecular formula is C11H19N3. The van der Waals surface area contributed by atoms with Crippen LogP contribution < -0.4 is 11.5 Å². The summed E-state index contributed by atoms with van der Waals surface area (Å²) in [7, 11) is 0. The quantitative estimate of drug-likeness (QED) is 0.469. The zero-order valence-corrected chi connectivity index (χ0v) is 9.09. The highest BCUT2D eigenvalue weighted by Gasteiger charge is 2.02. The maximum atomic E-state index is 7.09. The zero-order valence-electron chi connectivity index (χ0n) is 9.09. The lowest BCUT2D eigenvalue weighted by Crippen LogP contribution is -2.09. The first-order valence-corrected chi connectivity index (χ1v) is 4.57. The number of hydrogen-bond donors (Lipinski definition) is 3. The van der Waals surface area contributed by atoms with Crippen molar-refractivity contribution in [2.75, 3.05) is 6.54 Å². The molecule has 0 aliphatic heterocycles. The van der Waals surface area contributed by atoms with Crippen LogP contribution >= 0.6 is 0 Å². The second kappa shape index (κ2) is 6.16. The Morgan fingerprint density at radius 3 is 2.21 bits per heavy atom. The van der Waals surface area contributed by atoms with Gasteiger partial charge in [0.25, 0.3) is 0 Å². The highest BCUT2D eigenvalue weighted by atomic mass is 14.6. The first-order valence-electron chi connectivity index (χ1n) is 4.57. The van der Waals surface area contributed by atoms with Crippen molar-refractivity contribution in [3.63, 3.8) is 0 Å². The molecule has 0 bridgehead atoms. The van der Waals surface area contributed by atoms with Crippen LogP contribution in [0, 0.1) is 5.41 Å². The molecule has 0 fully saturated rings. The Kier molecular flexibility index (Phi) is 5.56. The molecule has 0 heterocycles. The van der Waals surface area contributed by atoms with Gasteiger partial charge in [-0.15, -0.1) is 0 Å². The summed E-state index contributed by atoms with van der Waals surface area (Å²) in [6.07, 6.45) is 5.12. The van der Waals surface area contributed by atoms with Crippen LogP contribution in [0.5, 0.6) is 0 Å². The second-order valence-electron chi connectivity index (χ2n) is 3.15. The van der Waals surface area contributed by atoms with Gasteiger partial charge in [-0.2, -0.15) is 0 Å². The molecular weight excluding hydrogens is 174 g/mol. The fourth-order valence-corrected chi connectivity index (χ4v) is 1.11. The molecule has 0 amide bonds. The van der Waals surface area contributed by atoms with E-state index in [1.165, 1.54) is 6.21 Å². The molecule has 0 saturated carbocycles. The van der Waals surface area contributed by atoms with Gasteiger partial charge in [0.2, 0.25) is 0 Å². The van der Waals surface area contributed by atoms with Gasteiger partial charge in [-0.25, -0.2) is 0 Å². The monoisotopic (exact) mass is 193 g/mol. The summed E-state index contributed by atoms with van der Waals surface area (Å²) in [5, 5.41) is 7.09. The highest BCUT2D eigenvalue weighted by Crippen LogP contribution is 2.14. The Morgan fingerprint density at radius 1 is 1.36 bits per heavy atom. The number of rotatable bonds is 4. The Balaban J connectivity index is 5.20. The molecule has 0 aromatic heterocycles. The average Bonchev–Trinajstić information content (AvgIpc) is 2.17. The molecule has 0 rings (SSSR count). The van der Waals surface area contributed by atoms with E-state index in [0.717, 1.165) is 22.4 Å². The minimum Gasteiger partial charge on any atom is -0.402 e. The van der Waals surface area contributed by atoms with Gasteiger partial charge in [0, 0.05) is 18.5 Å². The van der Waals surface area contributed by atoms with E-state index in [9.17, 15) is 0 Å². The zero-order chi connectivity index (χ0) is 11.1. The van der Waals surface area contributed by atoms with E-state index in [4.69, 9.17) is 16.9 Å². The number of nitrogens with one attached hydrogen (secondary N) is 1. The highest BCUT2D eigenvalue weighted by molar-refractivity contribution is 5.76. The molecule has 3 nitrogen and oxygen atoms in total. The predicted molar refractivity (Wildman–Crippen MR) is 62.2 cm³/mol. The van der Waals surface area contributed by atoms with Crippen LogP contribution in [0.4, 0.5) is 0 Å². The van der Waals surface area contributed by atoms with Crippen LogP contribution in [-0.4, -0.2) is 12.8 Å². The van der Waals surface area contributed by atoms with Gasteiger partial charge < -0.3 is 16.9 Å². The SMILES string of the molecule is C\C=C(CN)/C(/C=C(/C)C=N)=C(/C)N. The molecule has 0 unspecified atom stereocenters. The standard InChI is InChI=1S/C11H19N3/c1-4-10(7-13)11(9(3)14)5-8(2)6-12/h4-6,12H,7,13-14H2,1-3H3/b8-5-,10-4-,11-9-,12-6?. The molecule has 14 heavy (non-hydrogen) atoms. The number of hydrogen-bond acceptors (Lipinski definition) is 3. The first kappa shape index (κ1) is 12.7. The molecule has 0 saturated heterocycles. The molecule has 0 radical (unpaired) electrons. The fraction of sp³-hybridized carbons (Fsp3) is 0.364. The van der Waals surface area contributed by atoms with E-state index < -0.39 is 0 Å². The van der Waals surface area contributed by atoms with Gasteiger partial charge >= 0.3 is 0 Å². The van der Waals surface area contributed by atoms with Gasteiger partial charge in [-0.05, 0) is 43.6 Å². The smallest absolute Gasteiger partial charge is 0.0207 e. The van der Waals surface area contributed by atoms with E-state index in [0.29, 0.717) is 6.54 Å². The van der Waals surface area contributed by atoms with E-state index >= 15 is 0 Å². The van der Waals surface area contributed by atoms with Crippen LogP contribution in [-0.2, 0) is 0 Å². The largest absolute Gasteiger partial charge is 0.402 e. The number of allylic oxidation sites excluding steroid dienone is 4. The number of nitrogens with two attached hydrogens (primary N) is 2. The average molecular weight is 193 g/mol. The van der Waals surface area contributed by atoms with Crippen molar-refractivity contribution in [1.29, 1.82) is 5.41 Å². The lowest BCUT2D eigenvalue weighted by atomic mass is 10.0. The molecule has 0 aliphatic carbocycles. The molecule has 3 heteroatoms. The van der Waals surface area contributed by atoms with Crippen LogP contribution in [0.3, 0.4) is 0 Å². The van der Waals surface area contributed by atoms with Crippen molar-refractivity contribution in [3.8, 4) is 0 Å². The Hall–Kier alpha value is -1.35. The van der Waals surface area contributed by atoms with Crippen molar-refractivity contribution in [2.24, 2.45) is 11.5 Å². The van der Waals surface area contributed by atoms with Gasteiger partial charge in [0.1, 0.15) is 0 Å². The lowest BCUT2D eigenvalue weighted by molar-refractivity contribution is 1.12. The topological polar surface area (TPSA) is 75.9 Å². The molecule has 0 atom stereocenters. The predicted octanol–water partition coefficient (Wildman–Crippen LogP) is 1.72. The molecule has 0 spiro atoms. The third-order valence-electron chi connectivity index (χ3n) is 1.94. The second-order valence-corrected chi connectivity index (χ2v) is 3.15. The first-order chi connectivity index (χ1) is 6.56. The van der Waals surface area contributed by atoms with Crippen LogP contribution in [0.2, 0.25) is 0 Å². The third kappa shape index (κ3) is 3.58. The van der Waals surface area contributed by atoms with E-state index in [1.54, 1.807) is 0 Å². The van der Waals surface area contributed by atoms with Crippen LogP contribution in [0.25, 0.3) is 0 Å². The van der Waals surface area contributed by atoms with Gasteiger partial charge in [-0.1, -0.05) is 6.08 Å². The van der Waals surface area contributed by atoms with Crippen molar-refractivity contribution in [2.45, 2.75) is 20.8 Å². The third-order valence-corrected chi connectivity index (χ3v) is 1.94. The molecule has 0 aromatic rings. The van der Waals surface area contributed by atoms with Gasteiger partial charge in [0.05, 0.1) is 0 Å². The summed E-state index contributed by atoms with van der Waals surface area (Å²) >= 11 is 0. The Morgan fingerprint density at radius 2 is 1.93 bits per heavy atom. The fourth-order valence-electron chi connectivity index (χ4n) is 1.11. The summed E-state index contributed by atoms with van der Waals surface area (Å²) in [5.41, 5.74) is 14.9. The molecule has 5 N–H and O–H groups in total. The maximum Gasteiger partial charge on any atom is 0.0207 e. The van der Waals surface area contributed by atoms with Crippen LogP contribution in [0.15, 0.2) is 34.6 Å². The normalized spacial score (nSPS) is 15.1. The molecule has 0 aromatic carbocycles. The minimum atomic E-state index is 0.460. The van der Waals surface area contributed by atoms with Gasteiger partial charge in [-0.3, -0.25) is 0 Å². The molecule has 0 aliphatic rings. The lowest BCUT2D eigenvalue weighted by Gasteiger charge is -2.08. The minimum absolute atomic E-state index is 0.460. The van der Waals surface area contributed by atoms with Crippen molar-refractivity contribution >= 4 is 6.21 Å². The summed E-state index contributed by atoms with van der Waals surface area (Å²) in [5.74, 6) is 0. The molecule has 78 valence electrons. The van der Waals surface area contributed by atoms with Crippen molar-refractivity contribution < 1.29 is 0 Å². The maximum absolute atomic E-state index is 7.09. The van der Waals surface area contributed by atoms with E-state index in [-0.39, 0.29) is 0 Å². The van der Waals surface area contributed by atoms with Crippen molar-refractivity contribution in [1.82, 2.24) is 0 Å². The van der Waals surface area contributed by atoms with E-state index in [2.05, 4.69) is 0 Å². The summed E-state index contributed by atoms with van der Waals surface area (Å²) in [6, 6.07) is 0. The Labute approximate surface area is 85.7 Å². The summed E-state index contributed by atoms with van der Waals surface area (Å²) < 4.78 is 0. The Bertz CT molecular complexity index is 292. The van der Waals surface area contributed by atoms with Crippen molar-refractivity contribution in [3.05, 3.63) is 34.6 Å². The summed E-state index contributed by atoms with van der Waals surface area (Å²) in [4.78, 5) is 0. The van der Waals surface area contributed by atoms with E-state index in [1.807, 2.05) is 32.9 Å². The summed E-state index contributed by atoms with van der Waals surface area (Å²) in [6.45, 7) is 6.09. The van der Waals surface area contributed by atoms with Crippen LogP contribution in [0.1, 0.15) is 20.8 Å².